The van der Waals surface area contributed by atoms with Gasteiger partial charge in [0.05, 0.1) is 17.1 Å². The largest absolute Gasteiger partial charge is 0.438 e. The molecule has 1 atom stereocenters. The summed E-state index contributed by atoms with van der Waals surface area (Å²) in [6, 6.07) is 2.32. The molecule has 0 spiro atoms. The molecule has 98 valence electrons. The van der Waals surface area contributed by atoms with Gasteiger partial charge in [0, 0.05) is 0 Å². The molecule has 2 aromatic rings. The Kier molecular flexibility index (Phi) is 4.55. The molecule has 2 heterocycles. The van der Waals surface area contributed by atoms with Crippen LogP contribution in [-0.2, 0) is 6.42 Å². The van der Waals surface area contributed by atoms with Crippen LogP contribution in [0, 0.1) is 0 Å². The molecule has 0 radical (unpaired) electrons. The summed E-state index contributed by atoms with van der Waals surface area (Å²) in [7, 11) is 0. The first kappa shape index (κ1) is 13.3. The molecule has 0 saturated carbocycles. The molecule has 0 bridgehead atoms. The van der Waals surface area contributed by atoms with Gasteiger partial charge in [-0.2, -0.15) is 0 Å². The van der Waals surface area contributed by atoms with Crippen molar-refractivity contribution < 1.29 is 4.42 Å². The third-order valence-corrected chi connectivity index (χ3v) is 3.92. The molecular weight excluding hydrogens is 244 g/mol. The molecule has 1 unspecified atom stereocenters. The third-order valence-electron chi connectivity index (χ3n) is 2.95. The zero-order valence-electron chi connectivity index (χ0n) is 11.2. The van der Waals surface area contributed by atoms with E-state index >= 15 is 0 Å². The first-order valence-corrected chi connectivity index (χ1v) is 7.40. The lowest BCUT2D eigenvalue weighted by Crippen LogP contribution is -2.19. The summed E-state index contributed by atoms with van der Waals surface area (Å²) >= 11 is 1.72. The molecule has 3 nitrogen and oxygen atoms in total. The van der Waals surface area contributed by atoms with E-state index in [1.807, 2.05) is 6.20 Å². The van der Waals surface area contributed by atoms with Crippen molar-refractivity contribution >= 4 is 11.3 Å². The number of thiophene rings is 1. The minimum Gasteiger partial charge on any atom is -0.438 e. The van der Waals surface area contributed by atoms with Gasteiger partial charge in [0.15, 0.2) is 5.76 Å². The SMILES string of the molecule is CCCNC(C)c1ncc(-c2sccc2CC)o1. The van der Waals surface area contributed by atoms with Crippen LogP contribution in [0.15, 0.2) is 22.1 Å². The number of nitrogens with zero attached hydrogens (tertiary/aromatic N) is 1. The highest BCUT2D eigenvalue weighted by molar-refractivity contribution is 7.13. The lowest BCUT2D eigenvalue weighted by molar-refractivity contribution is 0.423. The molecule has 0 aliphatic heterocycles. The van der Waals surface area contributed by atoms with Gasteiger partial charge in [-0.3, -0.25) is 0 Å². The molecule has 18 heavy (non-hydrogen) atoms. The van der Waals surface area contributed by atoms with E-state index in [0.29, 0.717) is 0 Å². The second-order valence-corrected chi connectivity index (χ2v) is 5.28. The topological polar surface area (TPSA) is 38.1 Å². The van der Waals surface area contributed by atoms with Gasteiger partial charge in [0.1, 0.15) is 0 Å². The maximum Gasteiger partial charge on any atom is 0.211 e. The Balaban J connectivity index is 2.15. The van der Waals surface area contributed by atoms with Gasteiger partial charge >= 0.3 is 0 Å². The molecule has 2 rings (SSSR count). The van der Waals surface area contributed by atoms with E-state index in [1.165, 1.54) is 10.4 Å². The van der Waals surface area contributed by atoms with Crippen LogP contribution in [0.4, 0.5) is 0 Å². The smallest absolute Gasteiger partial charge is 0.211 e. The number of hydrogen-bond acceptors (Lipinski definition) is 4. The van der Waals surface area contributed by atoms with Crippen LogP contribution in [0.2, 0.25) is 0 Å². The molecule has 0 aliphatic rings. The maximum atomic E-state index is 5.87. The number of nitrogens with one attached hydrogen (secondary N) is 1. The van der Waals surface area contributed by atoms with E-state index < -0.39 is 0 Å². The van der Waals surface area contributed by atoms with Crippen molar-refractivity contribution in [2.45, 2.75) is 39.7 Å². The van der Waals surface area contributed by atoms with Gasteiger partial charge in [-0.1, -0.05) is 13.8 Å². The first-order valence-electron chi connectivity index (χ1n) is 6.52. The van der Waals surface area contributed by atoms with Crippen LogP contribution < -0.4 is 5.32 Å². The Labute approximate surface area is 112 Å². The molecular formula is C14H20N2OS. The monoisotopic (exact) mass is 264 g/mol. The Morgan fingerprint density at radius 3 is 3.00 bits per heavy atom. The van der Waals surface area contributed by atoms with E-state index in [2.05, 4.69) is 42.5 Å². The predicted octanol–water partition coefficient (Wildman–Crippen LogP) is 4.03. The molecule has 4 heteroatoms. The highest BCUT2D eigenvalue weighted by Gasteiger charge is 2.15. The van der Waals surface area contributed by atoms with E-state index in [4.69, 9.17) is 4.42 Å². The number of aromatic nitrogens is 1. The predicted molar refractivity (Wildman–Crippen MR) is 75.9 cm³/mol. The van der Waals surface area contributed by atoms with E-state index in [9.17, 15) is 0 Å². The fourth-order valence-electron chi connectivity index (χ4n) is 1.87. The molecule has 1 N–H and O–H groups in total. The van der Waals surface area contributed by atoms with Crippen LogP contribution >= 0.6 is 11.3 Å². The number of hydrogen-bond donors (Lipinski definition) is 1. The van der Waals surface area contributed by atoms with Crippen LogP contribution in [0.25, 0.3) is 10.6 Å². The Morgan fingerprint density at radius 1 is 1.44 bits per heavy atom. The van der Waals surface area contributed by atoms with Crippen molar-refractivity contribution in [3.05, 3.63) is 29.1 Å². The normalized spacial score (nSPS) is 12.8. The van der Waals surface area contributed by atoms with Crippen molar-refractivity contribution in [1.29, 1.82) is 0 Å². The molecule has 0 aliphatic carbocycles. The highest BCUT2D eigenvalue weighted by Crippen LogP contribution is 2.31. The van der Waals surface area contributed by atoms with Crippen LogP contribution in [0.1, 0.15) is 44.7 Å². The van der Waals surface area contributed by atoms with Crippen molar-refractivity contribution in [2.75, 3.05) is 6.54 Å². The van der Waals surface area contributed by atoms with Gasteiger partial charge in [0.25, 0.3) is 0 Å². The number of rotatable bonds is 6. The van der Waals surface area contributed by atoms with E-state index in [0.717, 1.165) is 31.0 Å². The summed E-state index contributed by atoms with van der Waals surface area (Å²) in [4.78, 5) is 5.59. The molecule has 0 aromatic carbocycles. The van der Waals surface area contributed by atoms with Crippen LogP contribution in [0.5, 0.6) is 0 Å². The summed E-state index contributed by atoms with van der Waals surface area (Å²) in [5.74, 6) is 1.66. The minimum absolute atomic E-state index is 0.170. The van der Waals surface area contributed by atoms with Crippen LogP contribution in [0.3, 0.4) is 0 Å². The number of aryl methyl sites for hydroxylation is 1. The van der Waals surface area contributed by atoms with Crippen molar-refractivity contribution in [3.63, 3.8) is 0 Å². The van der Waals surface area contributed by atoms with Crippen molar-refractivity contribution in [2.24, 2.45) is 0 Å². The fourth-order valence-corrected chi connectivity index (χ4v) is 2.81. The summed E-state index contributed by atoms with van der Waals surface area (Å²) in [5.41, 5.74) is 1.33. The van der Waals surface area contributed by atoms with Crippen LogP contribution in [-0.4, -0.2) is 11.5 Å². The summed E-state index contributed by atoms with van der Waals surface area (Å²) in [6.45, 7) is 7.38. The summed E-state index contributed by atoms with van der Waals surface area (Å²) in [6.07, 6.45) is 3.98. The van der Waals surface area contributed by atoms with Gasteiger partial charge < -0.3 is 9.73 Å². The van der Waals surface area contributed by atoms with Crippen molar-refractivity contribution in [1.82, 2.24) is 10.3 Å². The zero-order chi connectivity index (χ0) is 13.0. The fraction of sp³-hybridized carbons (Fsp3) is 0.500. The van der Waals surface area contributed by atoms with Gasteiger partial charge in [-0.05, 0) is 43.3 Å². The third kappa shape index (κ3) is 2.82. The van der Waals surface area contributed by atoms with Gasteiger partial charge in [-0.25, -0.2) is 4.98 Å². The Morgan fingerprint density at radius 2 is 2.28 bits per heavy atom. The Hall–Kier alpha value is -1.13. The van der Waals surface area contributed by atoms with Crippen molar-refractivity contribution in [3.8, 4) is 10.6 Å². The quantitative estimate of drug-likeness (QED) is 0.856. The lowest BCUT2D eigenvalue weighted by Gasteiger charge is -2.08. The molecule has 0 fully saturated rings. The second kappa shape index (κ2) is 6.16. The van der Waals surface area contributed by atoms with Gasteiger partial charge in [-0.15, -0.1) is 11.3 Å². The first-order chi connectivity index (χ1) is 8.76. The standard InChI is InChI=1S/C14H20N2OS/c1-4-7-15-10(3)14-16-9-12(17-14)13-11(5-2)6-8-18-13/h6,8-10,15H,4-5,7H2,1-3H3. The maximum absolute atomic E-state index is 5.87. The van der Waals surface area contributed by atoms with Gasteiger partial charge in [0.2, 0.25) is 5.89 Å². The lowest BCUT2D eigenvalue weighted by atomic mass is 10.2. The average Bonchev–Trinajstić information content (AvgIpc) is 3.02. The molecule has 0 saturated heterocycles. The van der Waals surface area contributed by atoms with E-state index in [-0.39, 0.29) is 6.04 Å². The molecule has 2 aromatic heterocycles. The molecule has 0 amide bonds. The highest BCUT2D eigenvalue weighted by atomic mass is 32.1. The average molecular weight is 264 g/mol. The minimum atomic E-state index is 0.170. The summed E-state index contributed by atoms with van der Waals surface area (Å²) < 4.78 is 5.87. The zero-order valence-corrected chi connectivity index (χ0v) is 12.0. The van der Waals surface area contributed by atoms with E-state index in [1.54, 1.807) is 11.3 Å². The Bertz CT molecular complexity index is 489. The second-order valence-electron chi connectivity index (χ2n) is 4.37. The summed E-state index contributed by atoms with van der Waals surface area (Å²) in [5, 5.41) is 5.49. The number of oxazole rings is 1.